The molecular formula is C14H13BrFNO. The molecule has 0 amide bonds. The fourth-order valence-electron chi connectivity index (χ4n) is 1.77. The predicted octanol–water partition coefficient (Wildman–Crippen LogP) is 3.57. The summed E-state index contributed by atoms with van der Waals surface area (Å²) in [6.45, 7) is 1.91. The molecule has 2 rings (SSSR count). The van der Waals surface area contributed by atoms with Gasteiger partial charge in [0.1, 0.15) is 5.82 Å². The SMILES string of the molecule is Cc1cncc(C(O)Cc2ccc(Br)cc2F)c1. The number of hydrogen-bond acceptors (Lipinski definition) is 2. The lowest BCUT2D eigenvalue weighted by atomic mass is 10.0. The van der Waals surface area contributed by atoms with E-state index >= 15 is 0 Å². The minimum Gasteiger partial charge on any atom is -0.388 e. The summed E-state index contributed by atoms with van der Waals surface area (Å²) < 4.78 is 14.3. The van der Waals surface area contributed by atoms with Crippen molar-refractivity contribution in [1.82, 2.24) is 4.98 Å². The standard InChI is InChI=1S/C14H13BrFNO/c1-9-4-11(8-17-7-9)14(18)5-10-2-3-12(15)6-13(10)16/h2-4,6-8,14,18H,5H2,1H3. The van der Waals surface area contributed by atoms with Crippen LogP contribution >= 0.6 is 15.9 Å². The summed E-state index contributed by atoms with van der Waals surface area (Å²) >= 11 is 3.20. The molecule has 18 heavy (non-hydrogen) atoms. The van der Waals surface area contributed by atoms with Crippen molar-refractivity contribution in [3.8, 4) is 0 Å². The minimum atomic E-state index is -0.743. The van der Waals surface area contributed by atoms with Gasteiger partial charge in [-0.05, 0) is 35.7 Å². The molecule has 0 bridgehead atoms. The number of aromatic nitrogens is 1. The maximum absolute atomic E-state index is 13.6. The minimum absolute atomic E-state index is 0.240. The van der Waals surface area contributed by atoms with Crippen LogP contribution in [0.1, 0.15) is 22.8 Å². The highest BCUT2D eigenvalue weighted by atomic mass is 79.9. The van der Waals surface area contributed by atoms with E-state index in [1.807, 2.05) is 13.0 Å². The van der Waals surface area contributed by atoms with Crippen LogP contribution in [0.4, 0.5) is 4.39 Å². The lowest BCUT2D eigenvalue weighted by Gasteiger charge is -2.12. The van der Waals surface area contributed by atoms with Gasteiger partial charge in [-0.1, -0.05) is 28.1 Å². The molecule has 0 fully saturated rings. The smallest absolute Gasteiger partial charge is 0.127 e. The van der Waals surface area contributed by atoms with Crippen molar-refractivity contribution in [1.29, 1.82) is 0 Å². The van der Waals surface area contributed by atoms with Gasteiger partial charge < -0.3 is 5.11 Å². The van der Waals surface area contributed by atoms with Crippen LogP contribution in [0.15, 0.2) is 41.1 Å². The quantitative estimate of drug-likeness (QED) is 0.940. The summed E-state index contributed by atoms with van der Waals surface area (Å²) in [5, 5.41) is 10.1. The molecule has 1 N–H and O–H groups in total. The zero-order chi connectivity index (χ0) is 13.1. The maximum Gasteiger partial charge on any atom is 0.127 e. The van der Waals surface area contributed by atoms with Gasteiger partial charge in [-0.25, -0.2) is 4.39 Å². The van der Waals surface area contributed by atoms with Gasteiger partial charge in [0.25, 0.3) is 0 Å². The molecule has 1 aromatic heterocycles. The molecule has 0 saturated heterocycles. The number of pyridine rings is 1. The van der Waals surface area contributed by atoms with Crippen LogP contribution in [0.5, 0.6) is 0 Å². The number of rotatable bonds is 3. The lowest BCUT2D eigenvalue weighted by Crippen LogP contribution is -2.04. The largest absolute Gasteiger partial charge is 0.388 e. The first-order chi connectivity index (χ1) is 8.56. The average molecular weight is 310 g/mol. The van der Waals surface area contributed by atoms with E-state index in [0.29, 0.717) is 15.6 Å². The molecule has 0 spiro atoms. The van der Waals surface area contributed by atoms with Crippen molar-refractivity contribution in [2.45, 2.75) is 19.4 Å². The molecule has 0 radical (unpaired) electrons. The first-order valence-electron chi connectivity index (χ1n) is 5.60. The molecule has 2 aromatic rings. The van der Waals surface area contributed by atoms with Crippen molar-refractivity contribution in [3.63, 3.8) is 0 Å². The van der Waals surface area contributed by atoms with E-state index in [1.165, 1.54) is 6.07 Å². The lowest BCUT2D eigenvalue weighted by molar-refractivity contribution is 0.176. The highest BCUT2D eigenvalue weighted by Gasteiger charge is 2.12. The third-order valence-electron chi connectivity index (χ3n) is 2.71. The Bertz CT molecular complexity index is 559. The van der Waals surface area contributed by atoms with E-state index in [0.717, 1.165) is 5.56 Å². The van der Waals surface area contributed by atoms with Crippen molar-refractivity contribution in [3.05, 3.63) is 63.6 Å². The van der Waals surface area contributed by atoms with Crippen molar-refractivity contribution in [2.75, 3.05) is 0 Å². The maximum atomic E-state index is 13.6. The molecule has 94 valence electrons. The van der Waals surface area contributed by atoms with Crippen molar-refractivity contribution < 1.29 is 9.50 Å². The first-order valence-corrected chi connectivity index (χ1v) is 6.39. The van der Waals surface area contributed by atoms with Crippen LogP contribution in [0.2, 0.25) is 0 Å². The Kier molecular flexibility index (Phi) is 4.09. The molecule has 0 aliphatic rings. The summed E-state index contributed by atoms with van der Waals surface area (Å²) in [7, 11) is 0. The molecule has 4 heteroatoms. The van der Waals surface area contributed by atoms with E-state index in [2.05, 4.69) is 20.9 Å². The summed E-state index contributed by atoms with van der Waals surface area (Å²) in [5.74, 6) is -0.316. The summed E-state index contributed by atoms with van der Waals surface area (Å²) in [6.07, 6.45) is 2.82. The second-order valence-electron chi connectivity index (χ2n) is 4.25. The third kappa shape index (κ3) is 3.15. The third-order valence-corrected chi connectivity index (χ3v) is 3.20. The number of aryl methyl sites for hydroxylation is 1. The van der Waals surface area contributed by atoms with Crippen LogP contribution in [0, 0.1) is 12.7 Å². The van der Waals surface area contributed by atoms with Crippen LogP contribution in [-0.2, 0) is 6.42 Å². The Balaban J connectivity index is 2.18. The topological polar surface area (TPSA) is 33.1 Å². The number of nitrogens with zero attached hydrogens (tertiary/aromatic N) is 1. The van der Waals surface area contributed by atoms with Crippen LogP contribution in [0.3, 0.4) is 0 Å². The van der Waals surface area contributed by atoms with Crippen LogP contribution in [-0.4, -0.2) is 10.1 Å². The van der Waals surface area contributed by atoms with E-state index < -0.39 is 6.10 Å². The Labute approximate surface area is 114 Å². The molecule has 2 nitrogen and oxygen atoms in total. The van der Waals surface area contributed by atoms with Gasteiger partial charge >= 0.3 is 0 Å². The van der Waals surface area contributed by atoms with Gasteiger partial charge in [0.05, 0.1) is 6.10 Å². The second-order valence-corrected chi connectivity index (χ2v) is 5.17. The summed E-state index contributed by atoms with van der Waals surface area (Å²) in [5.41, 5.74) is 2.17. The number of hydrogen-bond donors (Lipinski definition) is 1. The Morgan fingerprint density at radius 3 is 2.78 bits per heavy atom. The molecule has 0 saturated carbocycles. The monoisotopic (exact) mass is 309 g/mol. The Morgan fingerprint density at radius 1 is 1.33 bits per heavy atom. The number of aliphatic hydroxyl groups excluding tert-OH is 1. The fourth-order valence-corrected chi connectivity index (χ4v) is 2.11. The second kappa shape index (κ2) is 5.59. The van der Waals surface area contributed by atoms with Crippen molar-refractivity contribution >= 4 is 15.9 Å². The number of benzene rings is 1. The Morgan fingerprint density at radius 2 is 2.11 bits per heavy atom. The van der Waals surface area contributed by atoms with E-state index in [4.69, 9.17) is 0 Å². The summed E-state index contributed by atoms with van der Waals surface area (Å²) in [4.78, 5) is 4.02. The molecule has 0 aliphatic heterocycles. The average Bonchev–Trinajstić information content (AvgIpc) is 2.32. The van der Waals surface area contributed by atoms with Gasteiger partial charge in [-0.15, -0.1) is 0 Å². The van der Waals surface area contributed by atoms with Gasteiger partial charge in [-0.2, -0.15) is 0 Å². The molecule has 1 atom stereocenters. The van der Waals surface area contributed by atoms with Gasteiger partial charge in [0.2, 0.25) is 0 Å². The highest BCUT2D eigenvalue weighted by molar-refractivity contribution is 9.10. The van der Waals surface area contributed by atoms with Gasteiger partial charge in [0.15, 0.2) is 0 Å². The molecular weight excluding hydrogens is 297 g/mol. The fraction of sp³-hybridized carbons (Fsp3) is 0.214. The van der Waals surface area contributed by atoms with Gasteiger partial charge in [0, 0.05) is 23.3 Å². The van der Waals surface area contributed by atoms with E-state index in [1.54, 1.807) is 24.5 Å². The zero-order valence-electron chi connectivity index (χ0n) is 9.90. The van der Waals surface area contributed by atoms with Crippen molar-refractivity contribution in [2.24, 2.45) is 0 Å². The van der Waals surface area contributed by atoms with Crippen LogP contribution in [0.25, 0.3) is 0 Å². The van der Waals surface area contributed by atoms with E-state index in [-0.39, 0.29) is 12.2 Å². The molecule has 1 heterocycles. The first kappa shape index (κ1) is 13.2. The summed E-state index contributed by atoms with van der Waals surface area (Å²) in [6, 6.07) is 6.69. The molecule has 1 aromatic carbocycles. The van der Waals surface area contributed by atoms with Crippen LogP contribution < -0.4 is 0 Å². The van der Waals surface area contributed by atoms with Gasteiger partial charge in [-0.3, -0.25) is 4.98 Å². The van der Waals surface area contributed by atoms with E-state index in [9.17, 15) is 9.50 Å². The zero-order valence-corrected chi connectivity index (χ0v) is 11.5. The predicted molar refractivity (Wildman–Crippen MR) is 71.7 cm³/mol. The molecule has 0 aliphatic carbocycles. The highest BCUT2D eigenvalue weighted by Crippen LogP contribution is 2.22. The number of aliphatic hydroxyl groups is 1. The number of halogens is 2. The molecule has 1 unspecified atom stereocenters. The normalized spacial score (nSPS) is 12.4. The Hall–Kier alpha value is -1.26.